The molecule has 0 atom stereocenters. The fourth-order valence-electron chi connectivity index (χ4n) is 0.883. The topological polar surface area (TPSA) is 28.7 Å². The molecule has 58 valence electrons. The smallest absolute Gasteiger partial charge is 0.137 e. The van der Waals surface area contributed by atoms with Gasteiger partial charge in [0, 0.05) is 17.8 Å². The highest BCUT2D eigenvalue weighted by molar-refractivity contribution is 14.1. The van der Waals surface area contributed by atoms with Crippen molar-refractivity contribution in [1.82, 2.24) is 9.97 Å². The summed E-state index contributed by atoms with van der Waals surface area (Å²) >= 11 is 2.15. The van der Waals surface area contributed by atoms with E-state index < -0.39 is 0 Å². The largest absolute Gasteiger partial charge is 0.346 e. The molecule has 0 saturated heterocycles. The van der Waals surface area contributed by atoms with Gasteiger partial charge in [0.1, 0.15) is 5.65 Å². The zero-order valence-corrected chi connectivity index (χ0v) is 8.37. The summed E-state index contributed by atoms with van der Waals surface area (Å²) in [5, 5.41) is 1.16. The normalized spacial score (nSPS) is 8.91. The molecule has 0 saturated carbocycles. The lowest BCUT2D eigenvalue weighted by Crippen LogP contribution is -1.70. The van der Waals surface area contributed by atoms with Crippen LogP contribution in [0.1, 0.15) is 0 Å². The van der Waals surface area contributed by atoms with Gasteiger partial charge >= 0.3 is 0 Å². The molecule has 11 heavy (non-hydrogen) atoms. The molecule has 2 aromatic rings. The number of hydrogen-bond acceptors (Lipinski definition) is 1. The number of nitrogens with zero attached hydrogens (tertiary/aromatic N) is 1. The van der Waals surface area contributed by atoms with Crippen LogP contribution >= 0.6 is 22.6 Å². The molecule has 0 aromatic carbocycles. The van der Waals surface area contributed by atoms with Gasteiger partial charge in [-0.1, -0.05) is 22.6 Å². The number of aromatic nitrogens is 2. The molecule has 0 amide bonds. The van der Waals surface area contributed by atoms with Gasteiger partial charge in [0.2, 0.25) is 0 Å². The van der Waals surface area contributed by atoms with Crippen molar-refractivity contribution >= 4 is 33.6 Å². The Hall–Kier alpha value is -0.580. The maximum atomic E-state index is 4.09. The summed E-state index contributed by atoms with van der Waals surface area (Å²) < 4.78 is 0. The van der Waals surface area contributed by atoms with Crippen LogP contribution in [-0.2, 0) is 0 Å². The third-order valence-electron chi connectivity index (χ3n) is 1.32. The van der Waals surface area contributed by atoms with E-state index in [1.54, 1.807) is 6.20 Å². The number of alkyl halides is 1. The molecule has 0 aliphatic carbocycles. The lowest BCUT2D eigenvalue weighted by Gasteiger charge is -1.82. The first-order valence-corrected chi connectivity index (χ1v) is 5.38. The number of rotatable bonds is 0. The van der Waals surface area contributed by atoms with Gasteiger partial charge in [0.15, 0.2) is 0 Å². The maximum Gasteiger partial charge on any atom is 0.137 e. The summed E-state index contributed by atoms with van der Waals surface area (Å²) in [6.45, 7) is 0. The Balaban J connectivity index is 0.000000281. The van der Waals surface area contributed by atoms with Crippen molar-refractivity contribution in [2.45, 2.75) is 0 Å². The lowest BCUT2D eigenvalue weighted by molar-refractivity contribution is 1.33. The fraction of sp³-hybridized carbons (Fsp3) is 0.125. The van der Waals surface area contributed by atoms with E-state index in [0.717, 1.165) is 11.0 Å². The molecule has 0 aliphatic heterocycles. The van der Waals surface area contributed by atoms with Crippen LogP contribution in [0.3, 0.4) is 0 Å². The van der Waals surface area contributed by atoms with Gasteiger partial charge in [0.05, 0.1) is 0 Å². The van der Waals surface area contributed by atoms with Crippen LogP contribution in [0.2, 0.25) is 0 Å². The number of nitrogens with one attached hydrogen (secondary N) is 1. The number of halogens is 1. The monoisotopic (exact) mass is 260 g/mol. The second-order valence-corrected chi connectivity index (χ2v) is 1.92. The molecule has 0 fully saturated rings. The molecule has 2 aromatic heterocycles. The van der Waals surface area contributed by atoms with E-state index in [0.29, 0.717) is 0 Å². The van der Waals surface area contributed by atoms with Gasteiger partial charge in [-0.3, -0.25) is 0 Å². The predicted octanol–water partition coefficient (Wildman–Crippen LogP) is 2.61. The number of aromatic amines is 1. The van der Waals surface area contributed by atoms with Crippen LogP contribution < -0.4 is 0 Å². The van der Waals surface area contributed by atoms with Crippen molar-refractivity contribution in [2.75, 3.05) is 4.93 Å². The van der Waals surface area contributed by atoms with E-state index in [9.17, 15) is 0 Å². The Labute approximate surface area is 79.2 Å². The van der Waals surface area contributed by atoms with Crippen molar-refractivity contribution in [1.29, 1.82) is 0 Å². The highest BCUT2D eigenvalue weighted by Gasteiger charge is 1.88. The van der Waals surface area contributed by atoms with Gasteiger partial charge in [-0.05, 0) is 23.1 Å². The fourth-order valence-corrected chi connectivity index (χ4v) is 0.883. The Morgan fingerprint density at radius 1 is 1.36 bits per heavy atom. The predicted molar refractivity (Wildman–Crippen MR) is 56.0 cm³/mol. The van der Waals surface area contributed by atoms with E-state index in [-0.39, 0.29) is 0 Å². The van der Waals surface area contributed by atoms with Gasteiger partial charge in [-0.15, -0.1) is 0 Å². The minimum atomic E-state index is 0.956. The van der Waals surface area contributed by atoms with Gasteiger partial charge in [0.25, 0.3) is 0 Å². The number of H-pyrrole nitrogens is 1. The molecule has 0 radical (unpaired) electrons. The Bertz CT molecular complexity index is 286. The minimum absolute atomic E-state index is 0.956. The first-order valence-electron chi connectivity index (χ1n) is 3.23. The summed E-state index contributed by atoms with van der Waals surface area (Å²) in [5.41, 5.74) is 0.956. The molecule has 0 unspecified atom stereocenters. The third-order valence-corrected chi connectivity index (χ3v) is 1.32. The van der Waals surface area contributed by atoms with Crippen molar-refractivity contribution in [3.05, 3.63) is 30.6 Å². The average molecular weight is 260 g/mol. The molecule has 3 heteroatoms. The second-order valence-electron chi connectivity index (χ2n) is 1.92. The molecule has 1 N–H and O–H groups in total. The number of pyridine rings is 1. The average Bonchev–Trinajstić information content (AvgIpc) is 2.55. The SMILES string of the molecule is CI.c1cnc2[nH]ccc2c1. The van der Waals surface area contributed by atoms with Crippen molar-refractivity contribution in [2.24, 2.45) is 0 Å². The first-order chi connectivity index (χ1) is 5.47. The van der Waals surface area contributed by atoms with Crippen LogP contribution in [0.25, 0.3) is 11.0 Å². The summed E-state index contributed by atoms with van der Waals surface area (Å²) in [7, 11) is 0. The summed E-state index contributed by atoms with van der Waals surface area (Å²) in [6, 6.07) is 5.96. The molecule has 0 bridgehead atoms. The van der Waals surface area contributed by atoms with E-state index in [2.05, 4.69) is 32.6 Å². The molecule has 2 heterocycles. The molecule has 0 spiro atoms. The number of hydrogen-bond donors (Lipinski definition) is 1. The summed E-state index contributed by atoms with van der Waals surface area (Å²) in [4.78, 5) is 9.06. The lowest BCUT2D eigenvalue weighted by atomic mass is 10.3. The van der Waals surface area contributed by atoms with E-state index >= 15 is 0 Å². The number of fused-ring (bicyclic) bond motifs is 1. The minimum Gasteiger partial charge on any atom is -0.346 e. The van der Waals surface area contributed by atoms with Crippen molar-refractivity contribution in [3.8, 4) is 0 Å². The Morgan fingerprint density at radius 2 is 2.18 bits per heavy atom. The van der Waals surface area contributed by atoms with E-state index in [1.807, 2.05) is 29.3 Å². The molecular formula is C8H9IN2. The summed E-state index contributed by atoms with van der Waals surface area (Å²) in [5.74, 6) is 0. The maximum absolute atomic E-state index is 4.09. The van der Waals surface area contributed by atoms with E-state index in [1.165, 1.54) is 0 Å². The highest BCUT2D eigenvalue weighted by Crippen LogP contribution is 2.05. The first kappa shape index (κ1) is 8.52. The third kappa shape index (κ3) is 1.92. The second kappa shape index (κ2) is 4.33. The van der Waals surface area contributed by atoms with Crippen LogP contribution in [-0.4, -0.2) is 14.9 Å². The van der Waals surface area contributed by atoms with Gasteiger partial charge in [-0.2, -0.15) is 0 Å². The van der Waals surface area contributed by atoms with Gasteiger partial charge in [-0.25, -0.2) is 4.98 Å². The zero-order valence-electron chi connectivity index (χ0n) is 6.21. The van der Waals surface area contributed by atoms with Crippen LogP contribution in [0.15, 0.2) is 30.6 Å². The molecule has 0 aliphatic rings. The standard InChI is InChI=1S/C7H6N2.CH3I/c1-2-6-3-5-9-7(6)8-4-1;1-2/h1-5H,(H,8,9);1H3. The van der Waals surface area contributed by atoms with Crippen LogP contribution in [0.4, 0.5) is 0 Å². The Morgan fingerprint density at radius 3 is 2.91 bits per heavy atom. The summed E-state index contributed by atoms with van der Waals surface area (Å²) in [6.07, 6.45) is 3.66. The molecule has 2 rings (SSSR count). The quantitative estimate of drug-likeness (QED) is 0.572. The van der Waals surface area contributed by atoms with Crippen molar-refractivity contribution < 1.29 is 0 Å². The highest BCUT2D eigenvalue weighted by atomic mass is 127. The zero-order chi connectivity index (χ0) is 8.10. The molecular weight excluding hydrogens is 251 g/mol. The molecule has 2 nitrogen and oxygen atoms in total. The van der Waals surface area contributed by atoms with E-state index in [4.69, 9.17) is 0 Å². The van der Waals surface area contributed by atoms with Crippen LogP contribution in [0, 0.1) is 0 Å². The van der Waals surface area contributed by atoms with Gasteiger partial charge < -0.3 is 4.98 Å². The van der Waals surface area contributed by atoms with Crippen molar-refractivity contribution in [3.63, 3.8) is 0 Å². The Kier molecular flexibility index (Phi) is 3.35. The van der Waals surface area contributed by atoms with Crippen LogP contribution in [0.5, 0.6) is 0 Å².